The number of hydrogen-bond acceptors (Lipinski definition) is 4. The standard InChI is InChI=1S/C21H29N3O/c1-18(16-22-17-19-8-6-7-11-21(19)25-2)23-12-14-24(15-13-23)20-9-4-3-5-10-20/h3-11,18,22H,12-17H2,1-2H3. The highest BCUT2D eigenvalue weighted by molar-refractivity contribution is 5.46. The molecule has 1 heterocycles. The molecule has 0 saturated carbocycles. The van der Waals surface area contributed by atoms with E-state index in [9.17, 15) is 0 Å². The molecule has 4 heteroatoms. The molecule has 0 radical (unpaired) electrons. The van der Waals surface area contributed by atoms with Crippen LogP contribution in [0.2, 0.25) is 0 Å². The maximum absolute atomic E-state index is 5.42. The Morgan fingerprint density at radius 1 is 0.960 bits per heavy atom. The summed E-state index contributed by atoms with van der Waals surface area (Å²) in [6, 6.07) is 19.5. The normalized spacial score (nSPS) is 16.6. The average Bonchev–Trinajstić information content (AvgIpc) is 2.69. The van der Waals surface area contributed by atoms with Gasteiger partial charge in [0.25, 0.3) is 0 Å². The Morgan fingerprint density at radius 3 is 2.36 bits per heavy atom. The summed E-state index contributed by atoms with van der Waals surface area (Å²) in [6.45, 7) is 8.58. The van der Waals surface area contributed by atoms with Crippen LogP contribution in [0, 0.1) is 0 Å². The van der Waals surface area contributed by atoms with Crippen molar-refractivity contribution >= 4 is 5.69 Å². The topological polar surface area (TPSA) is 27.7 Å². The Kier molecular flexibility index (Phi) is 6.31. The summed E-state index contributed by atoms with van der Waals surface area (Å²) in [5.41, 5.74) is 2.55. The van der Waals surface area contributed by atoms with Crippen LogP contribution in [0.25, 0.3) is 0 Å². The first-order chi connectivity index (χ1) is 12.3. The molecule has 2 aromatic carbocycles. The van der Waals surface area contributed by atoms with Gasteiger partial charge in [0.05, 0.1) is 7.11 Å². The van der Waals surface area contributed by atoms with Gasteiger partial charge in [-0.25, -0.2) is 0 Å². The third kappa shape index (κ3) is 4.74. The predicted molar refractivity (Wildman–Crippen MR) is 104 cm³/mol. The molecule has 1 aliphatic rings. The number of methoxy groups -OCH3 is 1. The largest absolute Gasteiger partial charge is 0.496 e. The second kappa shape index (κ2) is 8.88. The van der Waals surface area contributed by atoms with Gasteiger partial charge < -0.3 is 15.0 Å². The van der Waals surface area contributed by atoms with Crippen LogP contribution in [-0.2, 0) is 6.54 Å². The molecule has 1 fully saturated rings. The van der Waals surface area contributed by atoms with E-state index in [1.165, 1.54) is 11.3 Å². The van der Waals surface area contributed by atoms with Crippen molar-refractivity contribution < 1.29 is 4.74 Å². The molecular weight excluding hydrogens is 310 g/mol. The van der Waals surface area contributed by atoms with E-state index in [-0.39, 0.29) is 0 Å². The zero-order valence-corrected chi connectivity index (χ0v) is 15.3. The summed E-state index contributed by atoms with van der Waals surface area (Å²) >= 11 is 0. The lowest BCUT2D eigenvalue weighted by Crippen LogP contribution is -2.51. The predicted octanol–water partition coefficient (Wildman–Crippen LogP) is 3.00. The number of anilines is 1. The fourth-order valence-corrected chi connectivity index (χ4v) is 3.45. The highest BCUT2D eigenvalue weighted by Crippen LogP contribution is 2.18. The van der Waals surface area contributed by atoms with Crippen LogP contribution in [-0.4, -0.2) is 50.8 Å². The summed E-state index contributed by atoms with van der Waals surface area (Å²) in [6.07, 6.45) is 0. The minimum absolute atomic E-state index is 0.535. The first kappa shape index (κ1) is 17.8. The van der Waals surface area contributed by atoms with Crippen molar-refractivity contribution in [1.29, 1.82) is 0 Å². The van der Waals surface area contributed by atoms with Crippen LogP contribution < -0.4 is 15.0 Å². The third-order valence-corrected chi connectivity index (χ3v) is 5.01. The molecule has 2 aromatic rings. The van der Waals surface area contributed by atoms with Crippen molar-refractivity contribution in [3.05, 3.63) is 60.2 Å². The highest BCUT2D eigenvalue weighted by atomic mass is 16.5. The lowest BCUT2D eigenvalue weighted by molar-refractivity contribution is 0.193. The minimum Gasteiger partial charge on any atom is -0.496 e. The number of piperazine rings is 1. The van der Waals surface area contributed by atoms with Crippen molar-refractivity contribution in [2.75, 3.05) is 44.7 Å². The molecule has 1 unspecified atom stereocenters. The number of rotatable bonds is 7. The van der Waals surface area contributed by atoms with Crippen LogP contribution >= 0.6 is 0 Å². The molecule has 25 heavy (non-hydrogen) atoms. The first-order valence-electron chi connectivity index (χ1n) is 9.14. The average molecular weight is 339 g/mol. The molecule has 0 aromatic heterocycles. The maximum atomic E-state index is 5.42. The van der Waals surface area contributed by atoms with E-state index in [0.717, 1.165) is 45.0 Å². The maximum Gasteiger partial charge on any atom is 0.123 e. The van der Waals surface area contributed by atoms with Gasteiger partial charge in [-0.3, -0.25) is 4.90 Å². The fourth-order valence-electron chi connectivity index (χ4n) is 3.45. The van der Waals surface area contributed by atoms with E-state index in [4.69, 9.17) is 4.74 Å². The number of hydrogen-bond donors (Lipinski definition) is 1. The zero-order valence-electron chi connectivity index (χ0n) is 15.3. The lowest BCUT2D eigenvalue weighted by atomic mass is 10.2. The molecule has 1 saturated heterocycles. The molecule has 0 amide bonds. The van der Waals surface area contributed by atoms with E-state index in [1.807, 2.05) is 12.1 Å². The molecule has 1 aliphatic heterocycles. The Hall–Kier alpha value is -2.04. The van der Waals surface area contributed by atoms with E-state index < -0.39 is 0 Å². The second-order valence-electron chi connectivity index (χ2n) is 6.65. The number of benzene rings is 2. The SMILES string of the molecule is COc1ccccc1CNCC(C)N1CCN(c2ccccc2)CC1. The number of nitrogens with zero attached hydrogens (tertiary/aromatic N) is 2. The Morgan fingerprint density at radius 2 is 1.64 bits per heavy atom. The Labute approximate surface area is 151 Å². The summed E-state index contributed by atoms with van der Waals surface area (Å²) in [5, 5.41) is 3.58. The molecule has 3 rings (SSSR count). The molecule has 1 N–H and O–H groups in total. The van der Waals surface area contributed by atoms with E-state index in [0.29, 0.717) is 6.04 Å². The van der Waals surface area contributed by atoms with E-state index in [1.54, 1.807) is 7.11 Å². The van der Waals surface area contributed by atoms with Crippen LogP contribution in [0.3, 0.4) is 0 Å². The molecule has 0 bridgehead atoms. The highest BCUT2D eigenvalue weighted by Gasteiger charge is 2.20. The van der Waals surface area contributed by atoms with Gasteiger partial charge in [0, 0.05) is 56.6 Å². The van der Waals surface area contributed by atoms with Gasteiger partial charge in [-0.15, -0.1) is 0 Å². The van der Waals surface area contributed by atoms with Crippen molar-refractivity contribution in [3.63, 3.8) is 0 Å². The zero-order chi connectivity index (χ0) is 17.5. The van der Waals surface area contributed by atoms with Crippen LogP contribution in [0.4, 0.5) is 5.69 Å². The quantitative estimate of drug-likeness (QED) is 0.839. The molecule has 0 spiro atoms. The summed E-state index contributed by atoms with van der Waals surface area (Å²) in [5.74, 6) is 0.958. The van der Waals surface area contributed by atoms with Crippen LogP contribution in [0.1, 0.15) is 12.5 Å². The van der Waals surface area contributed by atoms with Crippen molar-refractivity contribution in [2.45, 2.75) is 19.5 Å². The minimum atomic E-state index is 0.535. The van der Waals surface area contributed by atoms with Gasteiger partial charge in [-0.2, -0.15) is 0 Å². The van der Waals surface area contributed by atoms with E-state index in [2.05, 4.69) is 64.5 Å². The number of ether oxygens (including phenoxy) is 1. The van der Waals surface area contributed by atoms with Gasteiger partial charge in [0.1, 0.15) is 5.75 Å². The summed E-state index contributed by atoms with van der Waals surface area (Å²) < 4.78 is 5.42. The van der Waals surface area contributed by atoms with Gasteiger partial charge in [0.2, 0.25) is 0 Å². The smallest absolute Gasteiger partial charge is 0.123 e. The molecular formula is C21H29N3O. The summed E-state index contributed by atoms with van der Waals surface area (Å²) in [4.78, 5) is 5.06. The van der Waals surface area contributed by atoms with Gasteiger partial charge in [0.15, 0.2) is 0 Å². The molecule has 4 nitrogen and oxygen atoms in total. The van der Waals surface area contributed by atoms with Crippen LogP contribution in [0.5, 0.6) is 5.75 Å². The second-order valence-corrected chi connectivity index (χ2v) is 6.65. The van der Waals surface area contributed by atoms with E-state index >= 15 is 0 Å². The van der Waals surface area contributed by atoms with Gasteiger partial charge >= 0.3 is 0 Å². The van der Waals surface area contributed by atoms with Crippen LogP contribution in [0.15, 0.2) is 54.6 Å². The fraction of sp³-hybridized carbons (Fsp3) is 0.429. The van der Waals surface area contributed by atoms with Crippen molar-refractivity contribution in [2.24, 2.45) is 0 Å². The number of para-hydroxylation sites is 2. The van der Waals surface area contributed by atoms with Gasteiger partial charge in [-0.05, 0) is 25.1 Å². The van der Waals surface area contributed by atoms with Crippen molar-refractivity contribution in [1.82, 2.24) is 10.2 Å². The monoisotopic (exact) mass is 339 g/mol. The first-order valence-corrected chi connectivity index (χ1v) is 9.14. The summed E-state index contributed by atoms with van der Waals surface area (Å²) in [7, 11) is 1.73. The van der Waals surface area contributed by atoms with Gasteiger partial charge in [-0.1, -0.05) is 36.4 Å². The third-order valence-electron chi connectivity index (χ3n) is 5.01. The molecule has 134 valence electrons. The Balaban J connectivity index is 1.43. The molecule has 0 aliphatic carbocycles. The Bertz CT molecular complexity index is 639. The van der Waals surface area contributed by atoms with Crippen molar-refractivity contribution in [3.8, 4) is 5.75 Å². The lowest BCUT2D eigenvalue weighted by Gasteiger charge is -2.39. The number of nitrogens with one attached hydrogen (secondary N) is 1. The molecule has 1 atom stereocenters.